The fraction of sp³-hybridized carbons (Fsp3) is 0.167. The number of amides is 1. The number of hydrogen-bond donors (Lipinski definition) is 3. The van der Waals surface area contributed by atoms with Gasteiger partial charge in [-0.3, -0.25) is 4.79 Å². The Kier molecular flexibility index (Phi) is 5.35. The first kappa shape index (κ1) is 14.2. The van der Waals surface area contributed by atoms with Crippen molar-refractivity contribution in [1.82, 2.24) is 5.32 Å². The van der Waals surface area contributed by atoms with E-state index in [-0.39, 0.29) is 23.0 Å². The normalized spacial score (nSPS) is 9.83. The van der Waals surface area contributed by atoms with Crippen molar-refractivity contribution >= 4 is 29.2 Å². The predicted molar refractivity (Wildman–Crippen MR) is 70.1 cm³/mol. The Labute approximate surface area is 109 Å². The lowest BCUT2D eigenvalue weighted by atomic mass is 10.2. The van der Waals surface area contributed by atoms with E-state index in [2.05, 4.69) is 17.2 Å². The van der Waals surface area contributed by atoms with E-state index < -0.39 is 5.97 Å². The van der Waals surface area contributed by atoms with Gasteiger partial charge in [-0.1, -0.05) is 17.7 Å². The maximum atomic E-state index is 11.5. The SMILES string of the molecule is C=CCNCC(=O)Nc1ccc(C(=O)O)cc1Cl. The highest BCUT2D eigenvalue weighted by atomic mass is 35.5. The zero-order valence-corrected chi connectivity index (χ0v) is 10.3. The van der Waals surface area contributed by atoms with E-state index in [9.17, 15) is 9.59 Å². The lowest BCUT2D eigenvalue weighted by Gasteiger charge is -2.08. The maximum absolute atomic E-state index is 11.5. The Hall–Kier alpha value is -1.85. The number of rotatable bonds is 6. The van der Waals surface area contributed by atoms with E-state index in [1.807, 2.05) is 0 Å². The molecule has 96 valence electrons. The van der Waals surface area contributed by atoms with Gasteiger partial charge in [0.2, 0.25) is 5.91 Å². The molecule has 0 fully saturated rings. The Bertz CT molecular complexity index is 474. The molecule has 1 rings (SSSR count). The van der Waals surface area contributed by atoms with E-state index in [1.165, 1.54) is 18.2 Å². The molecule has 0 aliphatic carbocycles. The molecular formula is C12H13ClN2O3. The van der Waals surface area contributed by atoms with Crippen LogP contribution >= 0.6 is 11.6 Å². The molecule has 0 unspecified atom stereocenters. The molecule has 0 aromatic heterocycles. The van der Waals surface area contributed by atoms with Crippen LogP contribution in [-0.2, 0) is 4.79 Å². The highest BCUT2D eigenvalue weighted by molar-refractivity contribution is 6.34. The minimum Gasteiger partial charge on any atom is -0.478 e. The number of anilines is 1. The molecule has 0 spiro atoms. The molecule has 3 N–H and O–H groups in total. The van der Waals surface area contributed by atoms with Crippen molar-refractivity contribution in [2.45, 2.75) is 0 Å². The van der Waals surface area contributed by atoms with Crippen molar-refractivity contribution in [2.75, 3.05) is 18.4 Å². The van der Waals surface area contributed by atoms with Gasteiger partial charge in [-0.05, 0) is 18.2 Å². The second-order valence-corrected chi connectivity index (χ2v) is 3.87. The van der Waals surface area contributed by atoms with Crippen molar-refractivity contribution < 1.29 is 14.7 Å². The number of carbonyl (C=O) groups is 2. The second kappa shape index (κ2) is 6.78. The van der Waals surface area contributed by atoms with Crippen LogP contribution in [0.3, 0.4) is 0 Å². The first-order valence-corrected chi connectivity index (χ1v) is 5.56. The van der Waals surface area contributed by atoms with Gasteiger partial charge in [0.05, 0.1) is 22.8 Å². The first-order valence-electron chi connectivity index (χ1n) is 5.19. The average Bonchev–Trinajstić information content (AvgIpc) is 2.32. The minimum absolute atomic E-state index is 0.0720. The quantitative estimate of drug-likeness (QED) is 0.543. The van der Waals surface area contributed by atoms with Crippen molar-refractivity contribution in [2.24, 2.45) is 0 Å². The summed E-state index contributed by atoms with van der Waals surface area (Å²) in [5, 5.41) is 14.4. The number of carboxylic acid groups (broad SMARTS) is 1. The van der Waals surface area contributed by atoms with Crippen LogP contribution in [0.1, 0.15) is 10.4 Å². The lowest BCUT2D eigenvalue weighted by molar-refractivity contribution is -0.115. The highest BCUT2D eigenvalue weighted by Crippen LogP contribution is 2.22. The van der Waals surface area contributed by atoms with Gasteiger partial charge in [0.25, 0.3) is 0 Å². The van der Waals surface area contributed by atoms with Crippen LogP contribution in [0.25, 0.3) is 0 Å². The summed E-state index contributed by atoms with van der Waals surface area (Å²) in [6, 6.07) is 4.12. The number of benzene rings is 1. The molecule has 5 nitrogen and oxygen atoms in total. The zero-order valence-electron chi connectivity index (χ0n) is 9.57. The molecule has 0 aliphatic rings. The molecular weight excluding hydrogens is 256 g/mol. The van der Waals surface area contributed by atoms with Gasteiger partial charge in [-0.25, -0.2) is 4.79 Å². The Morgan fingerprint density at radius 1 is 1.44 bits per heavy atom. The third-order valence-electron chi connectivity index (χ3n) is 2.06. The number of halogens is 1. The van der Waals surface area contributed by atoms with Gasteiger partial charge in [-0.2, -0.15) is 0 Å². The van der Waals surface area contributed by atoms with E-state index >= 15 is 0 Å². The molecule has 1 aromatic rings. The molecule has 1 aromatic carbocycles. The zero-order chi connectivity index (χ0) is 13.5. The molecule has 0 saturated carbocycles. The van der Waals surface area contributed by atoms with Gasteiger partial charge in [0.1, 0.15) is 0 Å². The summed E-state index contributed by atoms with van der Waals surface area (Å²) in [5.74, 6) is -1.33. The Morgan fingerprint density at radius 3 is 2.72 bits per heavy atom. The molecule has 0 aliphatic heterocycles. The summed E-state index contributed by atoms with van der Waals surface area (Å²) >= 11 is 5.86. The van der Waals surface area contributed by atoms with Gasteiger partial charge in [-0.15, -0.1) is 6.58 Å². The summed E-state index contributed by atoms with van der Waals surface area (Å²) in [6.07, 6.45) is 1.64. The lowest BCUT2D eigenvalue weighted by Crippen LogP contribution is -2.28. The van der Waals surface area contributed by atoms with Gasteiger partial charge in [0.15, 0.2) is 0 Å². The topological polar surface area (TPSA) is 78.4 Å². The number of carbonyl (C=O) groups excluding carboxylic acids is 1. The number of aromatic carboxylic acids is 1. The molecule has 6 heteroatoms. The van der Waals surface area contributed by atoms with Crippen LogP contribution in [0, 0.1) is 0 Å². The van der Waals surface area contributed by atoms with Crippen LogP contribution in [0.4, 0.5) is 5.69 Å². The molecule has 0 saturated heterocycles. The van der Waals surface area contributed by atoms with Crippen molar-refractivity contribution in [3.63, 3.8) is 0 Å². The molecule has 18 heavy (non-hydrogen) atoms. The van der Waals surface area contributed by atoms with Crippen LogP contribution in [0.5, 0.6) is 0 Å². The fourth-order valence-electron chi connectivity index (χ4n) is 1.23. The molecule has 1 amide bonds. The summed E-state index contributed by atoms with van der Waals surface area (Å²) < 4.78 is 0. The van der Waals surface area contributed by atoms with E-state index in [1.54, 1.807) is 6.08 Å². The Morgan fingerprint density at radius 2 is 2.17 bits per heavy atom. The molecule has 0 heterocycles. The smallest absolute Gasteiger partial charge is 0.335 e. The fourth-order valence-corrected chi connectivity index (χ4v) is 1.46. The van der Waals surface area contributed by atoms with Gasteiger partial charge >= 0.3 is 5.97 Å². The van der Waals surface area contributed by atoms with Gasteiger partial charge < -0.3 is 15.7 Å². The third kappa shape index (κ3) is 4.20. The summed E-state index contributed by atoms with van der Waals surface area (Å²) in [6.45, 7) is 4.17. The van der Waals surface area contributed by atoms with Crippen molar-refractivity contribution in [3.05, 3.63) is 41.4 Å². The highest BCUT2D eigenvalue weighted by Gasteiger charge is 2.09. The maximum Gasteiger partial charge on any atom is 0.335 e. The molecule has 0 radical (unpaired) electrons. The molecule has 0 bridgehead atoms. The second-order valence-electron chi connectivity index (χ2n) is 3.47. The van der Waals surface area contributed by atoms with Crippen LogP contribution in [0.15, 0.2) is 30.9 Å². The van der Waals surface area contributed by atoms with Crippen LogP contribution < -0.4 is 10.6 Å². The van der Waals surface area contributed by atoms with E-state index in [0.29, 0.717) is 12.2 Å². The van der Waals surface area contributed by atoms with Crippen LogP contribution in [-0.4, -0.2) is 30.1 Å². The largest absolute Gasteiger partial charge is 0.478 e. The summed E-state index contributed by atoms with van der Waals surface area (Å²) in [7, 11) is 0. The van der Waals surface area contributed by atoms with E-state index in [4.69, 9.17) is 16.7 Å². The van der Waals surface area contributed by atoms with Crippen molar-refractivity contribution in [1.29, 1.82) is 0 Å². The van der Waals surface area contributed by atoms with Crippen molar-refractivity contribution in [3.8, 4) is 0 Å². The standard InChI is InChI=1S/C12H13ClN2O3/c1-2-5-14-7-11(16)15-10-4-3-8(12(17)18)6-9(10)13/h2-4,6,14H,1,5,7H2,(H,15,16)(H,17,18). The number of hydrogen-bond acceptors (Lipinski definition) is 3. The molecule has 0 atom stereocenters. The number of nitrogens with one attached hydrogen (secondary N) is 2. The summed E-state index contributed by atoms with van der Waals surface area (Å²) in [5.41, 5.74) is 0.454. The predicted octanol–water partition coefficient (Wildman–Crippen LogP) is 1.75. The average molecular weight is 269 g/mol. The third-order valence-corrected chi connectivity index (χ3v) is 2.38. The minimum atomic E-state index is -1.07. The van der Waals surface area contributed by atoms with Crippen LogP contribution in [0.2, 0.25) is 5.02 Å². The Balaban J connectivity index is 2.65. The summed E-state index contributed by atoms with van der Waals surface area (Å²) in [4.78, 5) is 22.2. The first-order chi connectivity index (χ1) is 8.54. The monoisotopic (exact) mass is 268 g/mol. The van der Waals surface area contributed by atoms with Gasteiger partial charge in [0, 0.05) is 6.54 Å². The number of carboxylic acids is 1. The van der Waals surface area contributed by atoms with E-state index in [0.717, 1.165) is 0 Å².